The number of hydrogen-bond acceptors (Lipinski definition) is 4. The molecule has 1 fully saturated rings. The molecule has 0 aromatic heterocycles. The highest BCUT2D eigenvalue weighted by Crippen LogP contribution is 2.29. The van der Waals surface area contributed by atoms with Crippen LogP contribution in [0.2, 0.25) is 0 Å². The Morgan fingerprint density at radius 1 is 1.19 bits per heavy atom. The van der Waals surface area contributed by atoms with Crippen molar-refractivity contribution >= 4 is 15.6 Å². The third kappa shape index (κ3) is 4.38. The average Bonchev–Trinajstić information content (AvgIpc) is 2.43. The predicted octanol–water partition coefficient (Wildman–Crippen LogP) is 2.01. The first-order chi connectivity index (χ1) is 9.88. The van der Waals surface area contributed by atoms with Crippen molar-refractivity contribution in [2.24, 2.45) is 11.8 Å². The molecule has 1 aromatic rings. The lowest BCUT2D eigenvalue weighted by molar-refractivity contribution is -0.125. The smallest absolute Gasteiger partial charge is 0.178 e. The molecule has 0 saturated heterocycles. The number of Topliss-reactive ketones (excluding diaryl/α,β-unsaturated/α-hetero) is 1. The fourth-order valence-electron chi connectivity index (χ4n) is 3.01. The molecule has 4 nitrogen and oxygen atoms in total. The van der Waals surface area contributed by atoms with Crippen LogP contribution in [0.4, 0.5) is 0 Å². The summed E-state index contributed by atoms with van der Waals surface area (Å²) in [5.74, 6) is 0.480. The number of hydrogen-bond donors (Lipinski definition) is 0. The lowest BCUT2D eigenvalue weighted by Gasteiger charge is -2.29. The molecule has 0 aliphatic heterocycles. The van der Waals surface area contributed by atoms with Crippen LogP contribution in [0.3, 0.4) is 0 Å². The van der Waals surface area contributed by atoms with Crippen LogP contribution in [0, 0.1) is 11.8 Å². The molecule has 2 atom stereocenters. The molecule has 0 heterocycles. The molecule has 0 amide bonds. The van der Waals surface area contributed by atoms with E-state index >= 15 is 0 Å². The minimum absolute atomic E-state index is 0.0234. The lowest BCUT2D eigenvalue weighted by Crippen LogP contribution is -2.35. The normalized spacial score (nSPS) is 23.5. The van der Waals surface area contributed by atoms with Gasteiger partial charge in [-0.2, -0.15) is 0 Å². The molecule has 1 aromatic carbocycles. The van der Waals surface area contributed by atoms with E-state index < -0.39 is 9.84 Å². The summed E-state index contributed by atoms with van der Waals surface area (Å²) in [7, 11) is 0.630. The second kappa shape index (κ2) is 6.71. The Bertz CT molecular complexity index is 581. The fraction of sp³-hybridized carbons (Fsp3) is 0.562. The highest BCUT2D eigenvalue weighted by atomic mass is 32.2. The van der Waals surface area contributed by atoms with E-state index in [1.807, 2.05) is 25.1 Å². The molecule has 0 N–H and O–H groups in total. The number of rotatable bonds is 5. The van der Waals surface area contributed by atoms with Crippen LogP contribution in [-0.2, 0) is 14.6 Å². The van der Waals surface area contributed by atoms with Gasteiger partial charge in [0.25, 0.3) is 0 Å². The maximum Gasteiger partial charge on any atom is 0.178 e. The Hall–Kier alpha value is -1.20. The van der Waals surface area contributed by atoms with Crippen molar-refractivity contribution < 1.29 is 13.2 Å². The molecule has 21 heavy (non-hydrogen) atoms. The van der Waals surface area contributed by atoms with Crippen LogP contribution in [-0.4, -0.2) is 45.5 Å². The first-order valence-electron chi connectivity index (χ1n) is 7.34. The molecule has 0 radical (unpaired) electrons. The summed E-state index contributed by atoms with van der Waals surface area (Å²) in [4.78, 5) is 14.3. The van der Waals surface area contributed by atoms with Gasteiger partial charge >= 0.3 is 0 Å². The Labute approximate surface area is 127 Å². The predicted molar refractivity (Wildman–Crippen MR) is 82.9 cm³/mol. The summed E-state index contributed by atoms with van der Waals surface area (Å²) in [6.07, 6.45) is 1.88. The molecule has 1 saturated carbocycles. The summed E-state index contributed by atoms with van der Waals surface area (Å²) in [5.41, 5.74) is 0. The second-order valence-electron chi connectivity index (χ2n) is 6.16. The Balaban J connectivity index is 2.04. The summed E-state index contributed by atoms with van der Waals surface area (Å²) < 4.78 is 24.8. The van der Waals surface area contributed by atoms with Gasteiger partial charge in [-0.1, -0.05) is 18.2 Å². The SMILES string of the molecule is CN(C)CC1CC(CS(=O)(=O)c2ccccc2)CCC1=O. The van der Waals surface area contributed by atoms with Gasteiger partial charge in [0.1, 0.15) is 5.78 Å². The molecule has 2 unspecified atom stereocenters. The summed E-state index contributed by atoms with van der Waals surface area (Å²) in [6.45, 7) is 0.709. The van der Waals surface area contributed by atoms with Gasteiger partial charge < -0.3 is 4.90 Å². The van der Waals surface area contributed by atoms with Gasteiger partial charge in [0.2, 0.25) is 0 Å². The van der Waals surface area contributed by atoms with Crippen molar-refractivity contribution in [2.45, 2.75) is 24.2 Å². The molecule has 0 spiro atoms. The van der Waals surface area contributed by atoms with E-state index in [-0.39, 0.29) is 23.4 Å². The number of ketones is 1. The van der Waals surface area contributed by atoms with Gasteiger partial charge in [-0.15, -0.1) is 0 Å². The number of nitrogens with zero attached hydrogens (tertiary/aromatic N) is 1. The zero-order valence-electron chi connectivity index (χ0n) is 12.7. The van der Waals surface area contributed by atoms with Gasteiger partial charge in [0, 0.05) is 18.9 Å². The largest absolute Gasteiger partial charge is 0.309 e. The fourth-order valence-corrected chi connectivity index (χ4v) is 4.69. The van der Waals surface area contributed by atoms with E-state index in [2.05, 4.69) is 0 Å². The zero-order chi connectivity index (χ0) is 15.5. The Morgan fingerprint density at radius 3 is 2.48 bits per heavy atom. The average molecular weight is 309 g/mol. The van der Waals surface area contributed by atoms with E-state index in [4.69, 9.17) is 0 Å². The zero-order valence-corrected chi connectivity index (χ0v) is 13.5. The van der Waals surface area contributed by atoms with Gasteiger partial charge in [0.05, 0.1) is 10.6 Å². The van der Waals surface area contributed by atoms with E-state index in [0.29, 0.717) is 30.7 Å². The molecule has 5 heteroatoms. The van der Waals surface area contributed by atoms with Crippen molar-refractivity contribution in [2.75, 3.05) is 26.4 Å². The molecular formula is C16H23NO3S. The van der Waals surface area contributed by atoms with Crippen LogP contribution in [0.5, 0.6) is 0 Å². The minimum Gasteiger partial charge on any atom is -0.309 e. The Morgan fingerprint density at radius 2 is 1.86 bits per heavy atom. The van der Waals surface area contributed by atoms with E-state index in [1.54, 1.807) is 24.3 Å². The molecule has 1 aliphatic carbocycles. The van der Waals surface area contributed by atoms with E-state index in [9.17, 15) is 13.2 Å². The maximum atomic E-state index is 12.4. The molecule has 2 rings (SSSR count). The second-order valence-corrected chi connectivity index (χ2v) is 8.19. The van der Waals surface area contributed by atoms with Crippen LogP contribution in [0.1, 0.15) is 19.3 Å². The number of benzene rings is 1. The number of sulfone groups is 1. The lowest BCUT2D eigenvalue weighted by atomic mass is 9.81. The van der Waals surface area contributed by atoms with Crippen LogP contribution < -0.4 is 0 Å². The maximum absolute atomic E-state index is 12.4. The monoisotopic (exact) mass is 309 g/mol. The van der Waals surface area contributed by atoms with Crippen LogP contribution in [0.15, 0.2) is 35.2 Å². The van der Waals surface area contributed by atoms with Crippen molar-refractivity contribution in [3.63, 3.8) is 0 Å². The molecule has 0 bridgehead atoms. The summed E-state index contributed by atoms with van der Waals surface area (Å²) >= 11 is 0. The van der Waals surface area contributed by atoms with Gasteiger partial charge in [-0.3, -0.25) is 4.79 Å². The minimum atomic E-state index is -3.25. The van der Waals surface area contributed by atoms with Gasteiger partial charge in [0.15, 0.2) is 9.84 Å². The number of carbonyl (C=O) groups is 1. The first-order valence-corrected chi connectivity index (χ1v) is 8.99. The third-order valence-corrected chi connectivity index (χ3v) is 5.92. The van der Waals surface area contributed by atoms with Crippen molar-refractivity contribution in [1.82, 2.24) is 4.90 Å². The van der Waals surface area contributed by atoms with Crippen LogP contribution in [0.25, 0.3) is 0 Å². The molecular weight excluding hydrogens is 286 g/mol. The quantitative estimate of drug-likeness (QED) is 0.835. The number of carbonyl (C=O) groups excluding carboxylic acids is 1. The van der Waals surface area contributed by atoms with Gasteiger partial charge in [-0.05, 0) is 45.0 Å². The highest BCUT2D eigenvalue weighted by Gasteiger charge is 2.32. The van der Waals surface area contributed by atoms with Crippen LogP contribution >= 0.6 is 0 Å². The van der Waals surface area contributed by atoms with E-state index in [0.717, 1.165) is 0 Å². The van der Waals surface area contributed by atoms with Gasteiger partial charge in [-0.25, -0.2) is 8.42 Å². The summed E-state index contributed by atoms with van der Waals surface area (Å²) in [6, 6.07) is 8.57. The standard InChI is InChI=1S/C16H23NO3S/c1-17(2)11-14-10-13(8-9-16(14)18)12-21(19,20)15-6-4-3-5-7-15/h3-7,13-14H,8-12H2,1-2H3. The van der Waals surface area contributed by atoms with Crippen molar-refractivity contribution in [1.29, 1.82) is 0 Å². The van der Waals surface area contributed by atoms with Crippen molar-refractivity contribution in [3.05, 3.63) is 30.3 Å². The third-order valence-electron chi connectivity index (χ3n) is 4.02. The first kappa shape index (κ1) is 16.2. The van der Waals surface area contributed by atoms with E-state index in [1.165, 1.54) is 0 Å². The molecule has 1 aliphatic rings. The van der Waals surface area contributed by atoms with Crippen molar-refractivity contribution in [3.8, 4) is 0 Å². The highest BCUT2D eigenvalue weighted by molar-refractivity contribution is 7.91. The topological polar surface area (TPSA) is 54.5 Å². The Kier molecular flexibility index (Phi) is 5.17. The summed E-state index contributed by atoms with van der Waals surface area (Å²) in [5, 5.41) is 0. The molecule has 116 valence electrons.